The Morgan fingerprint density at radius 3 is 2.60 bits per heavy atom. The van der Waals surface area contributed by atoms with Gasteiger partial charge in [-0.05, 0) is 46.7 Å². The normalized spacial score (nSPS) is 9.90. The van der Waals surface area contributed by atoms with E-state index in [9.17, 15) is 0 Å². The average molecular weight is 264 g/mol. The van der Waals surface area contributed by atoms with E-state index in [0.717, 1.165) is 11.3 Å². The molecule has 0 aromatic heterocycles. The molecule has 0 saturated heterocycles. The molecule has 0 unspecified atom stereocenters. The van der Waals surface area contributed by atoms with Crippen LogP contribution >= 0.6 is 35.2 Å². The van der Waals surface area contributed by atoms with Gasteiger partial charge in [0.1, 0.15) is 0 Å². The zero-order chi connectivity index (χ0) is 7.56. The van der Waals surface area contributed by atoms with E-state index in [1.165, 1.54) is 9.13 Å². The predicted molar refractivity (Wildman–Crippen MR) is 55.8 cm³/mol. The molecular weight excluding hydrogens is 255 g/mol. The third kappa shape index (κ3) is 1.66. The Labute approximate surface area is 80.6 Å². The largest absolute Gasteiger partial charge is 0.143 e. The molecular formula is C8H9IS. The van der Waals surface area contributed by atoms with E-state index < -0.39 is 0 Å². The lowest BCUT2D eigenvalue weighted by atomic mass is 10.2. The van der Waals surface area contributed by atoms with Crippen LogP contribution in [0.15, 0.2) is 23.1 Å². The van der Waals surface area contributed by atoms with Crippen molar-refractivity contribution in [2.24, 2.45) is 0 Å². The van der Waals surface area contributed by atoms with Crippen molar-refractivity contribution in [3.05, 3.63) is 27.3 Å². The summed E-state index contributed by atoms with van der Waals surface area (Å²) < 4.78 is 1.31. The summed E-state index contributed by atoms with van der Waals surface area (Å²) in [5.41, 5.74) is 1.35. The number of thiol groups is 1. The summed E-state index contributed by atoms with van der Waals surface area (Å²) in [7, 11) is 0. The highest BCUT2D eigenvalue weighted by molar-refractivity contribution is 14.1. The van der Waals surface area contributed by atoms with Gasteiger partial charge in [0, 0.05) is 8.47 Å². The maximum absolute atomic E-state index is 4.34. The van der Waals surface area contributed by atoms with E-state index in [2.05, 4.69) is 48.2 Å². The average Bonchev–Trinajstić information content (AvgIpc) is 1.88. The van der Waals surface area contributed by atoms with Gasteiger partial charge in [0.05, 0.1) is 0 Å². The van der Waals surface area contributed by atoms with Crippen LogP contribution in [0, 0.1) is 3.57 Å². The molecule has 1 aromatic rings. The fraction of sp³-hybridized carbons (Fsp3) is 0.250. The summed E-state index contributed by atoms with van der Waals surface area (Å²) in [5.74, 6) is 0. The molecule has 10 heavy (non-hydrogen) atoms. The molecule has 0 atom stereocenters. The fourth-order valence-electron chi connectivity index (χ4n) is 0.897. The first-order valence-corrected chi connectivity index (χ1v) is 4.74. The molecule has 0 heterocycles. The predicted octanol–water partition coefficient (Wildman–Crippen LogP) is 3.14. The first-order chi connectivity index (χ1) is 4.75. The maximum Gasteiger partial charge on any atom is 0.0173 e. The Balaban J connectivity index is 3.17. The number of hydrogen-bond donors (Lipinski definition) is 1. The second-order valence-corrected chi connectivity index (χ2v) is 3.74. The minimum absolute atomic E-state index is 1.07. The summed E-state index contributed by atoms with van der Waals surface area (Å²) in [5, 5.41) is 0. The smallest absolute Gasteiger partial charge is 0.0173 e. The molecule has 0 aliphatic carbocycles. The van der Waals surface area contributed by atoms with E-state index in [0.29, 0.717) is 0 Å². The summed E-state index contributed by atoms with van der Waals surface area (Å²) >= 11 is 6.68. The molecule has 0 N–H and O–H groups in total. The van der Waals surface area contributed by atoms with E-state index in [1.807, 2.05) is 12.1 Å². The van der Waals surface area contributed by atoms with Gasteiger partial charge in [0.25, 0.3) is 0 Å². The van der Waals surface area contributed by atoms with Gasteiger partial charge in [0.2, 0.25) is 0 Å². The van der Waals surface area contributed by atoms with Crippen molar-refractivity contribution < 1.29 is 0 Å². The topological polar surface area (TPSA) is 0 Å². The molecule has 0 spiro atoms. The van der Waals surface area contributed by atoms with Crippen LogP contribution < -0.4 is 0 Å². The molecule has 0 nitrogen and oxygen atoms in total. The highest BCUT2D eigenvalue weighted by Gasteiger charge is 1.98. The molecule has 0 amide bonds. The maximum atomic E-state index is 4.34. The highest BCUT2D eigenvalue weighted by atomic mass is 127. The van der Waals surface area contributed by atoms with E-state index in [4.69, 9.17) is 0 Å². The Kier molecular flexibility index (Phi) is 3.04. The van der Waals surface area contributed by atoms with E-state index in [1.54, 1.807) is 0 Å². The van der Waals surface area contributed by atoms with Gasteiger partial charge in [-0.3, -0.25) is 0 Å². The summed E-state index contributed by atoms with van der Waals surface area (Å²) in [4.78, 5) is 1.11. The van der Waals surface area contributed by atoms with Gasteiger partial charge in [0.15, 0.2) is 0 Å². The van der Waals surface area contributed by atoms with Crippen LogP contribution in [-0.4, -0.2) is 0 Å². The van der Waals surface area contributed by atoms with Crippen LogP contribution in [0.1, 0.15) is 12.5 Å². The molecule has 1 rings (SSSR count). The van der Waals surface area contributed by atoms with Crippen LogP contribution in [0.2, 0.25) is 0 Å². The molecule has 54 valence electrons. The minimum Gasteiger partial charge on any atom is -0.143 e. The quantitative estimate of drug-likeness (QED) is 0.584. The third-order valence-electron chi connectivity index (χ3n) is 1.45. The Morgan fingerprint density at radius 1 is 1.50 bits per heavy atom. The van der Waals surface area contributed by atoms with E-state index in [-0.39, 0.29) is 0 Å². The van der Waals surface area contributed by atoms with Crippen molar-refractivity contribution in [3.8, 4) is 0 Å². The Bertz CT molecular complexity index is 212. The van der Waals surface area contributed by atoms with Crippen LogP contribution in [0.5, 0.6) is 0 Å². The van der Waals surface area contributed by atoms with Gasteiger partial charge in [-0.25, -0.2) is 0 Å². The first kappa shape index (κ1) is 8.40. The van der Waals surface area contributed by atoms with Crippen molar-refractivity contribution in [3.63, 3.8) is 0 Å². The lowest BCUT2D eigenvalue weighted by Crippen LogP contribution is -1.86. The number of benzene rings is 1. The fourth-order valence-corrected chi connectivity index (χ4v) is 2.35. The van der Waals surface area contributed by atoms with Crippen molar-refractivity contribution >= 4 is 35.2 Å². The van der Waals surface area contributed by atoms with Crippen molar-refractivity contribution in [1.82, 2.24) is 0 Å². The zero-order valence-corrected chi connectivity index (χ0v) is 8.82. The van der Waals surface area contributed by atoms with Gasteiger partial charge in [-0.2, -0.15) is 0 Å². The molecule has 0 aliphatic heterocycles. The standard InChI is InChI=1S/C8H9IS/c1-2-6-7(9)4-3-5-8(6)10/h3-5,10H,2H2,1H3. The SMILES string of the molecule is CCc1c(S)cccc1I. The zero-order valence-electron chi connectivity index (χ0n) is 5.76. The molecule has 0 saturated carbocycles. The Hall–Kier alpha value is 0.300. The van der Waals surface area contributed by atoms with Crippen molar-refractivity contribution in [2.45, 2.75) is 18.2 Å². The number of rotatable bonds is 1. The second kappa shape index (κ2) is 3.62. The molecule has 0 aliphatic rings. The van der Waals surface area contributed by atoms with Crippen LogP contribution in [0.25, 0.3) is 0 Å². The van der Waals surface area contributed by atoms with Gasteiger partial charge < -0.3 is 0 Å². The van der Waals surface area contributed by atoms with Crippen LogP contribution in [0.4, 0.5) is 0 Å². The minimum atomic E-state index is 1.07. The highest BCUT2D eigenvalue weighted by Crippen LogP contribution is 2.19. The molecule has 1 aromatic carbocycles. The van der Waals surface area contributed by atoms with Gasteiger partial charge in [-0.1, -0.05) is 13.0 Å². The molecule has 0 radical (unpaired) electrons. The van der Waals surface area contributed by atoms with Crippen molar-refractivity contribution in [1.29, 1.82) is 0 Å². The second-order valence-electron chi connectivity index (χ2n) is 2.09. The number of halogens is 1. The molecule has 2 heteroatoms. The Morgan fingerprint density at radius 2 is 2.20 bits per heavy atom. The lowest BCUT2D eigenvalue weighted by Gasteiger charge is -2.02. The molecule has 0 bridgehead atoms. The first-order valence-electron chi connectivity index (χ1n) is 3.22. The van der Waals surface area contributed by atoms with Crippen LogP contribution in [0.3, 0.4) is 0 Å². The van der Waals surface area contributed by atoms with Crippen LogP contribution in [-0.2, 0) is 6.42 Å². The van der Waals surface area contributed by atoms with Crippen molar-refractivity contribution in [2.75, 3.05) is 0 Å². The monoisotopic (exact) mass is 264 g/mol. The lowest BCUT2D eigenvalue weighted by molar-refractivity contribution is 1.07. The summed E-state index contributed by atoms with van der Waals surface area (Å²) in [6.07, 6.45) is 1.07. The van der Waals surface area contributed by atoms with Gasteiger partial charge >= 0.3 is 0 Å². The summed E-state index contributed by atoms with van der Waals surface area (Å²) in [6, 6.07) is 6.17. The van der Waals surface area contributed by atoms with E-state index >= 15 is 0 Å². The third-order valence-corrected chi connectivity index (χ3v) is 2.88. The molecule has 0 fully saturated rings. The van der Waals surface area contributed by atoms with Gasteiger partial charge in [-0.15, -0.1) is 12.6 Å². The number of hydrogen-bond acceptors (Lipinski definition) is 1. The summed E-state index contributed by atoms with van der Waals surface area (Å²) in [6.45, 7) is 2.15.